The molecule has 1 saturated heterocycles. The second kappa shape index (κ2) is 6.56. The van der Waals surface area contributed by atoms with Crippen LogP contribution in [0.3, 0.4) is 0 Å². The predicted molar refractivity (Wildman–Crippen MR) is 81.4 cm³/mol. The number of hydrogen-bond acceptors (Lipinski definition) is 3. The molecule has 0 saturated carbocycles. The van der Waals surface area contributed by atoms with Crippen LogP contribution in [0.25, 0.3) is 0 Å². The molecule has 1 aromatic rings. The summed E-state index contributed by atoms with van der Waals surface area (Å²) in [6.45, 7) is 3.06. The fraction of sp³-hybridized carbons (Fsp3) is 0.571. The second-order valence-corrected chi connectivity index (χ2v) is 7.03. The molecule has 1 aliphatic rings. The van der Waals surface area contributed by atoms with Gasteiger partial charge in [-0.15, -0.1) is 0 Å². The van der Waals surface area contributed by atoms with E-state index in [1.807, 2.05) is 19.1 Å². The Hall–Kier alpha value is -1.11. The predicted octanol–water partition coefficient (Wildman–Crippen LogP) is 2.04. The SMILES string of the molecule is CC(NS(=O)(=O)N1CCCCCC1)c1cccc(N)c1. The average Bonchev–Trinajstić information content (AvgIpc) is 2.67. The molecule has 0 aromatic heterocycles. The highest BCUT2D eigenvalue weighted by Crippen LogP contribution is 2.18. The smallest absolute Gasteiger partial charge is 0.279 e. The monoisotopic (exact) mass is 297 g/mol. The van der Waals surface area contributed by atoms with Crippen LogP contribution in [0.5, 0.6) is 0 Å². The molecule has 2 rings (SSSR count). The summed E-state index contributed by atoms with van der Waals surface area (Å²) in [5.74, 6) is 0. The molecule has 1 aromatic carbocycles. The maximum Gasteiger partial charge on any atom is 0.279 e. The van der Waals surface area contributed by atoms with E-state index in [-0.39, 0.29) is 6.04 Å². The van der Waals surface area contributed by atoms with E-state index >= 15 is 0 Å². The van der Waals surface area contributed by atoms with Gasteiger partial charge in [-0.05, 0) is 37.5 Å². The molecule has 1 heterocycles. The van der Waals surface area contributed by atoms with Crippen molar-refractivity contribution in [1.82, 2.24) is 9.03 Å². The van der Waals surface area contributed by atoms with Crippen molar-refractivity contribution in [3.05, 3.63) is 29.8 Å². The summed E-state index contributed by atoms with van der Waals surface area (Å²) in [5.41, 5.74) is 7.26. The summed E-state index contributed by atoms with van der Waals surface area (Å²) in [6, 6.07) is 7.02. The zero-order chi connectivity index (χ0) is 14.6. The van der Waals surface area contributed by atoms with Gasteiger partial charge >= 0.3 is 0 Å². The van der Waals surface area contributed by atoms with Crippen molar-refractivity contribution >= 4 is 15.9 Å². The van der Waals surface area contributed by atoms with E-state index in [2.05, 4.69) is 4.72 Å². The molecule has 3 N–H and O–H groups in total. The van der Waals surface area contributed by atoms with E-state index in [1.54, 1.807) is 16.4 Å². The zero-order valence-corrected chi connectivity index (χ0v) is 12.7. The first-order valence-electron chi connectivity index (χ1n) is 7.12. The van der Waals surface area contributed by atoms with Gasteiger partial charge in [-0.1, -0.05) is 25.0 Å². The van der Waals surface area contributed by atoms with Crippen LogP contribution in [-0.4, -0.2) is 25.8 Å². The lowest BCUT2D eigenvalue weighted by Gasteiger charge is -2.23. The minimum atomic E-state index is -3.42. The summed E-state index contributed by atoms with van der Waals surface area (Å²) in [6.07, 6.45) is 4.09. The Kier molecular flexibility index (Phi) is 5.01. The first-order valence-corrected chi connectivity index (χ1v) is 8.56. The van der Waals surface area contributed by atoms with Crippen LogP contribution in [0.4, 0.5) is 5.69 Å². The topological polar surface area (TPSA) is 75.4 Å². The highest BCUT2D eigenvalue weighted by Gasteiger charge is 2.24. The molecular weight excluding hydrogens is 274 g/mol. The summed E-state index contributed by atoms with van der Waals surface area (Å²) in [7, 11) is -3.42. The van der Waals surface area contributed by atoms with Crippen LogP contribution >= 0.6 is 0 Å². The first-order chi connectivity index (χ1) is 9.49. The quantitative estimate of drug-likeness (QED) is 0.835. The maximum absolute atomic E-state index is 12.4. The van der Waals surface area contributed by atoms with E-state index in [0.717, 1.165) is 31.2 Å². The van der Waals surface area contributed by atoms with Gasteiger partial charge in [0, 0.05) is 24.8 Å². The summed E-state index contributed by atoms with van der Waals surface area (Å²) < 4.78 is 29.1. The van der Waals surface area contributed by atoms with E-state index in [1.165, 1.54) is 0 Å². The van der Waals surface area contributed by atoms with Crippen LogP contribution < -0.4 is 10.5 Å². The number of nitrogen functional groups attached to an aromatic ring is 1. The van der Waals surface area contributed by atoms with Gasteiger partial charge in [0.05, 0.1) is 0 Å². The number of anilines is 1. The van der Waals surface area contributed by atoms with Crippen molar-refractivity contribution < 1.29 is 8.42 Å². The number of benzene rings is 1. The number of rotatable bonds is 4. The van der Waals surface area contributed by atoms with Gasteiger partial charge in [-0.3, -0.25) is 0 Å². The lowest BCUT2D eigenvalue weighted by Crippen LogP contribution is -2.42. The number of nitrogens with two attached hydrogens (primary N) is 1. The molecule has 1 unspecified atom stereocenters. The van der Waals surface area contributed by atoms with Crippen LogP contribution in [0.1, 0.15) is 44.2 Å². The van der Waals surface area contributed by atoms with Crippen molar-refractivity contribution in [3.8, 4) is 0 Å². The van der Waals surface area contributed by atoms with Gasteiger partial charge < -0.3 is 5.73 Å². The molecule has 0 radical (unpaired) electrons. The molecule has 1 fully saturated rings. The molecule has 0 bridgehead atoms. The Balaban J connectivity index is 2.07. The second-order valence-electron chi connectivity index (χ2n) is 5.33. The maximum atomic E-state index is 12.4. The molecule has 0 aliphatic carbocycles. The van der Waals surface area contributed by atoms with E-state index in [0.29, 0.717) is 18.8 Å². The third kappa shape index (κ3) is 3.94. The van der Waals surface area contributed by atoms with Crippen LogP contribution in [0.15, 0.2) is 24.3 Å². The molecule has 112 valence electrons. The van der Waals surface area contributed by atoms with E-state index in [4.69, 9.17) is 5.73 Å². The Bertz CT molecular complexity index is 537. The van der Waals surface area contributed by atoms with Gasteiger partial charge in [0.15, 0.2) is 0 Å². The Labute approximate surface area is 121 Å². The van der Waals surface area contributed by atoms with Crippen molar-refractivity contribution in [2.24, 2.45) is 0 Å². The third-order valence-electron chi connectivity index (χ3n) is 3.64. The largest absolute Gasteiger partial charge is 0.399 e. The molecule has 1 atom stereocenters. The molecule has 20 heavy (non-hydrogen) atoms. The van der Waals surface area contributed by atoms with Crippen LogP contribution in [0, 0.1) is 0 Å². The van der Waals surface area contributed by atoms with Crippen molar-refractivity contribution in [2.45, 2.75) is 38.6 Å². The summed E-state index contributed by atoms with van der Waals surface area (Å²) in [4.78, 5) is 0. The van der Waals surface area contributed by atoms with Crippen molar-refractivity contribution in [2.75, 3.05) is 18.8 Å². The fourth-order valence-corrected chi connectivity index (χ4v) is 3.95. The minimum absolute atomic E-state index is 0.285. The standard InChI is InChI=1S/C14H23N3O2S/c1-12(13-7-6-8-14(15)11-13)16-20(18,19)17-9-4-2-3-5-10-17/h6-8,11-12,16H,2-5,9-10,15H2,1H3. The van der Waals surface area contributed by atoms with E-state index < -0.39 is 10.2 Å². The molecule has 6 heteroatoms. The number of nitrogens with zero attached hydrogens (tertiary/aromatic N) is 1. The first kappa shape index (κ1) is 15.3. The lowest BCUT2D eigenvalue weighted by atomic mass is 10.1. The minimum Gasteiger partial charge on any atom is -0.399 e. The normalized spacial score (nSPS) is 19.4. The molecule has 0 amide bonds. The molecule has 5 nitrogen and oxygen atoms in total. The van der Waals surface area contributed by atoms with Crippen molar-refractivity contribution in [3.63, 3.8) is 0 Å². The summed E-state index contributed by atoms with van der Waals surface area (Å²) >= 11 is 0. The fourth-order valence-electron chi connectivity index (χ4n) is 2.48. The van der Waals surface area contributed by atoms with E-state index in [9.17, 15) is 8.42 Å². The molecule has 1 aliphatic heterocycles. The van der Waals surface area contributed by atoms with Gasteiger partial charge in [0.25, 0.3) is 10.2 Å². The number of hydrogen-bond donors (Lipinski definition) is 2. The number of nitrogens with one attached hydrogen (secondary N) is 1. The van der Waals surface area contributed by atoms with Gasteiger partial charge in [-0.2, -0.15) is 17.4 Å². The Morgan fingerprint density at radius 1 is 1.20 bits per heavy atom. The lowest BCUT2D eigenvalue weighted by molar-refractivity contribution is 0.410. The zero-order valence-electron chi connectivity index (χ0n) is 11.9. The third-order valence-corrected chi connectivity index (χ3v) is 5.34. The summed E-state index contributed by atoms with van der Waals surface area (Å²) in [5, 5.41) is 0. The van der Waals surface area contributed by atoms with Crippen LogP contribution in [-0.2, 0) is 10.2 Å². The highest BCUT2D eigenvalue weighted by molar-refractivity contribution is 7.87. The van der Waals surface area contributed by atoms with Crippen molar-refractivity contribution in [1.29, 1.82) is 0 Å². The molecular formula is C14H23N3O2S. The van der Waals surface area contributed by atoms with Gasteiger partial charge in [-0.25, -0.2) is 0 Å². The Morgan fingerprint density at radius 2 is 1.85 bits per heavy atom. The van der Waals surface area contributed by atoms with Crippen LogP contribution in [0.2, 0.25) is 0 Å². The van der Waals surface area contributed by atoms with Gasteiger partial charge in [0.2, 0.25) is 0 Å². The average molecular weight is 297 g/mol. The van der Waals surface area contributed by atoms with Gasteiger partial charge in [0.1, 0.15) is 0 Å². The highest BCUT2D eigenvalue weighted by atomic mass is 32.2. The Morgan fingerprint density at radius 3 is 2.45 bits per heavy atom. The molecule has 0 spiro atoms.